The van der Waals surface area contributed by atoms with Crippen LogP contribution in [-0.4, -0.2) is 23.4 Å². The van der Waals surface area contributed by atoms with Gasteiger partial charge in [-0.15, -0.1) is 0 Å². The lowest BCUT2D eigenvalue weighted by molar-refractivity contribution is 0.0933. The van der Waals surface area contributed by atoms with Crippen molar-refractivity contribution in [3.05, 3.63) is 35.4 Å². The third-order valence-corrected chi connectivity index (χ3v) is 6.82. The SMILES string of the molecule is Cc1nsc(NCC2(CNC(=O)c3ccoc3)CC23CCC3)c1C#N. The van der Waals surface area contributed by atoms with Crippen LogP contribution in [0.2, 0.25) is 0 Å². The molecule has 7 heteroatoms. The largest absolute Gasteiger partial charge is 0.472 e. The Morgan fingerprint density at radius 1 is 1.48 bits per heavy atom. The minimum absolute atomic E-state index is 0.0647. The molecule has 130 valence electrons. The summed E-state index contributed by atoms with van der Waals surface area (Å²) in [4.78, 5) is 12.2. The lowest BCUT2D eigenvalue weighted by Crippen LogP contribution is -2.38. The standard InChI is InChI=1S/C18H20N4O2S/c1-12-14(7-19)16(25-22-12)21-11-18(9-17(18)4-2-5-17)10-20-15(23)13-3-6-24-8-13/h3,6,8,21H,2,4-5,9-11H2,1H3,(H,20,23). The first-order valence-electron chi connectivity index (χ1n) is 8.50. The topological polar surface area (TPSA) is 90.9 Å². The number of nitrogens with one attached hydrogen (secondary N) is 2. The molecule has 0 radical (unpaired) electrons. The van der Waals surface area contributed by atoms with Gasteiger partial charge >= 0.3 is 0 Å². The van der Waals surface area contributed by atoms with Gasteiger partial charge in [0, 0.05) is 18.5 Å². The molecule has 2 saturated carbocycles. The average Bonchev–Trinajstić information content (AvgIpc) is 2.90. The fourth-order valence-electron chi connectivity index (χ4n) is 4.09. The third-order valence-electron chi connectivity index (χ3n) is 5.92. The number of hydrogen-bond acceptors (Lipinski definition) is 6. The Labute approximate surface area is 150 Å². The smallest absolute Gasteiger partial charge is 0.254 e. The predicted octanol–water partition coefficient (Wildman–Crippen LogP) is 3.32. The van der Waals surface area contributed by atoms with Gasteiger partial charge in [-0.2, -0.15) is 9.64 Å². The van der Waals surface area contributed by atoms with Crippen LogP contribution in [0.3, 0.4) is 0 Å². The van der Waals surface area contributed by atoms with Gasteiger partial charge in [0.1, 0.15) is 22.9 Å². The molecule has 2 fully saturated rings. The van der Waals surface area contributed by atoms with Crippen molar-refractivity contribution in [2.45, 2.75) is 32.6 Å². The number of carbonyl (C=O) groups excluding carboxylic acids is 1. The van der Waals surface area contributed by atoms with Gasteiger partial charge in [0.25, 0.3) is 5.91 Å². The molecule has 2 aromatic rings. The van der Waals surface area contributed by atoms with E-state index >= 15 is 0 Å². The summed E-state index contributed by atoms with van der Waals surface area (Å²) in [6, 6.07) is 3.90. The molecule has 0 aromatic carbocycles. The molecule has 6 nitrogen and oxygen atoms in total. The molecular weight excluding hydrogens is 336 g/mol. The average molecular weight is 356 g/mol. The maximum atomic E-state index is 12.2. The number of nitrogens with zero attached hydrogens (tertiary/aromatic N) is 2. The minimum Gasteiger partial charge on any atom is -0.472 e. The molecule has 1 spiro atoms. The van der Waals surface area contributed by atoms with Crippen LogP contribution < -0.4 is 10.6 Å². The van der Waals surface area contributed by atoms with Crippen LogP contribution in [0.4, 0.5) is 5.00 Å². The highest BCUT2D eigenvalue weighted by Gasteiger charge is 2.68. The first kappa shape index (κ1) is 16.2. The maximum absolute atomic E-state index is 12.2. The van der Waals surface area contributed by atoms with Crippen molar-refractivity contribution < 1.29 is 9.21 Å². The van der Waals surface area contributed by atoms with Crippen LogP contribution >= 0.6 is 11.5 Å². The fourth-order valence-corrected chi connectivity index (χ4v) is 4.83. The van der Waals surface area contributed by atoms with E-state index in [4.69, 9.17) is 4.42 Å². The summed E-state index contributed by atoms with van der Waals surface area (Å²) in [6.45, 7) is 3.25. The van der Waals surface area contributed by atoms with Gasteiger partial charge < -0.3 is 15.1 Å². The zero-order valence-corrected chi connectivity index (χ0v) is 14.9. The molecule has 1 atom stereocenters. The highest BCUT2D eigenvalue weighted by molar-refractivity contribution is 7.10. The highest BCUT2D eigenvalue weighted by atomic mass is 32.1. The second-order valence-electron chi connectivity index (χ2n) is 7.22. The van der Waals surface area contributed by atoms with E-state index in [1.807, 2.05) is 6.92 Å². The lowest BCUT2D eigenvalue weighted by atomic mass is 9.75. The summed E-state index contributed by atoms with van der Waals surface area (Å²) in [5, 5.41) is 16.6. The number of anilines is 1. The number of hydrogen-bond donors (Lipinski definition) is 2. The van der Waals surface area contributed by atoms with Gasteiger partial charge in [-0.3, -0.25) is 4.79 Å². The van der Waals surface area contributed by atoms with Crippen molar-refractivity contribution >= 4 is 22.4 Å². The van der Waals surface area contributed by atoms with Gasteiger partial charge in [0.2, 0.25) is 0 Å². The Hall–Kier alpha value is -2.33. The molecule has 4 rings (SSSR count). The van der Waals surface area contributed by atoms with E-state index in [0.29, 0.717) is 23.1 Å². The quantitative estimate of drug-likeness (QED) is 0.828. The van der Waals surface area contributed by atoms with Crippen molar-refractivity contribution in [1.29, 1.82) is 5.26 Å². The molecule has 2 aliphatic carbocycles. The van der Waals surface area contributed by atoms with Crippen molar-refractivity contribution in [2.24, 2.45) is 10.8 Å². The number of carbonyl (C=O) groups is 1. The summed E-state index contributed by atoms with van der Waals surface area (Å²) in [7, 11) is 0. The van der Waals surface area contributed by atoms with Gasteiger partial charge in [-0.1, -0.05) is 6.42 Å². The molecular formula is C18H20N4O2S. The minimum atomic E-state index is -0.0964. The van der Waals surface area contributed by atoms with Crippen molar-refractivity contribution in [3.63, 3.8) is 0 Å². The number of aryl methyl sites for hydroxylation is 1. The van der Waals surface area contributed by atoms with Crippen molar-refractivity contribution in [2.75, 3.05) is 18.4 Å². The lowest BCUT2D eigenvalue weighted by Gasteiger charge is -2.33. The normalized spacial score (nSPS) is 22.9. The molecule has 0 aliphatic heterocycles. The predicted molar refractivity (Wildman–Crippen MR) is 94.4 cm³/mol. The summed E-state index contributed by atoms with van der Waals surface area (Å²) in [5.74, 6) is -0.0964. The first-order chi connectivity index (χ1) is 12.1. The molecule has 25 heavy (non-hydrogen) atoms. The molecule has 0 bridgehead atoms. The van der Waals surface area contributed by atoms with E-state index in [2.05, 4.69) is 21.1 Å². The summed E-state index contributed by atoms with van der Waals surface area (Å²) in [6.07, 6.45) is 7.81. The molecule has 2 N–H and O–H groups in total. The maximum Gasteiger partial charge on any atom is 0.254 e. The third kappa shape index (κ3) is 2.61. The second-order valence-corrected chi connectivity index (χ2v) is 8.00. The van der Waals surface area contributed by atoms with Gasteiger partial charge in [-0.25, -0.2) is 0 Å². The number of amides is 1. The second kappa shape index (κ2) is 5.88. The Balaban J connectivity index is 1.44. The van der Waals surface area contributed by atoms with Gasteiger partial charge in [-0.05, 0) is 49.2 Å². The van der Waals surface area contributed by atoms with Crippen molar-refractivity contribution in [1.82, 2.24) is 9.69 Å². The number of furan rings is 1. The molecule has 2 aromatic heterocycles. The van der Waals surface area contributed by atoms with Gasteiger partial charge in [0.05, 0.1) is 17.5 Å². The van der Waals surface area contributed by atoms with E-state index < -0.39 is 0 Å². The first-order valence-corrected chi connectivity index (χ1v) is 9.27. The molecule has 2 heterocycles. The van der Waals surface area contributed by atoms with Gasteiger partial charge in [0.15, 0.2) is 0 Å². The van der Waals surface area contributed by atoms with E-state index in [1.165, 1.54) is 43.3 Å². The van der Waals surface area contributed by atoms with Crippen LogP contribution in [0.5, 0.6) is 0 Å². The summed E-state index contributed by atoms with van der Waals surface area (Å²) < 4.78 is 9.24. The summed E-state index contributed by atoms with van der Waals surface area (Å²) >= 11 is 1.33. The van der Waals surface area contributed by atoms with Crippen molar-refractivity contribution in [3.8, 4) is 6.07 Å². The van der Waals surface area contributed by atoms with E-state index in [-0.39, 0.29) is 11.3 Å². The number of nitriles is 1. The number of rotatable bonds is 6. The molecule has 1 amide bonds. The zero-order valence-electron chi connectivity index (χ0n) is 14.1. The van der Waals surface area contributed by atoms with Crippen LogP contribution in [0.15, 0.2) is 23.0 Å². The van der Waals surface area contributed by atoms with Crippen LogP contribution in [0.25, 0.3) is 0 Å². The zero-order chi connectivity index (χ0) is 17.5. The Morgan fingerprint density at radius 2 is 2.32 bits per heavy atom. The van der Waals surface area contributed by atoms with Crippen LogP contribution in [-0.2, 0) is 0 Å². The Morgan fingerprint density at radius 3 is 2.92 bits per heavy atom. The monoisotopic (exact) mass is 356 g/mol. The number of aromatic nitrogens is 1. The van der Waals surface area contributed by atoms with Crippen LogP contribution in [0, 0.1) is 29.1 Å². The fraction of sp³-hybridized carbons (Fsp3) is 0.500. The summed E-state index contributed by atoms with van der Waals surface area (Å²) in [5.41, 5.74) is 2.37. The van der Waals surface area contributed by atoms with Crippen LogP contribution in [0.1, 0.15) is 47.3 Å². The van der Waals surface area contributed by atoms with E-state index in [1.54, 1.807) is 6.07 Å². The molecule has 0 saturated heterocycles. The molecule has 2 aliphatic rings. The molecule has 1 unspecified atom stereocenters. The Kier molecular flexibility index (Phi) is 3.80. The van der Waals surface area contributed by atoms with E-state index in [0.717, 1.165) is 23.7 Å². The Bertz CT molecular complexity index is 832. The van der Waals surface area contributed by atoms with E-state index in [9.17, 15) is 10.1 Å². The highest BCUT2D eigenvalue weighted by Crippen LogP contribution is 2.73.